The lowest BCUT2D eigenvalue weighted by Crippen LogP contribution is -2.46. The van der Waals surface area contributed by atoms with Gasteiger partial charge in [-0.05, 0) is 19.9 Å². The summed E-state index contributed by atoms with van der Waals surface area (Å²) in [5.41, 5.74) is 0.429. The minimum absolute atomic E-state index is 0.250. The highest BCUT2D eigenvalue weighted by atomic mass is 19.1. The third-order valence-corrected chi connectivity index (χ3v) is 4.84. The maximum Gasteiger partial charge on any atom is 0.142 e. The molecular weight excluding hydrogens is 333 g/mol. The van der Waals surface area contributed by atoms with E-state index in [0.29, 0.717) is 37.6 Å². The molecular formula is C18H22FN7. The van der Waals surface area contributed by atoms with Gasteiger partial charge in [-0.2, -0.15) is 0 Å². The fourth-order valence-corrected chi connectivity index (χ4v) is 3.46. The van der Waals surface area contributed by atoms with Crippen molar-refractivity contribution in [2.45, 2.75) is 32.4 Å². The minimum Gasteiger partial charge on any atom is -0.367 e. The number of aromatic amines is 1. The molecule has 3 aromatic heterocycles. The summed E-state index contributed by atoms with van der Waals surface area (Å²) < 4.78 is 15.2. The molecule has 0 bridgehead atoms. The Morgan fingerprint density at radius 3 is 2.81 bits per heavy atom. The number of nitrogens with one attached hydrogen (secondary N) is 2. The van der Waals surface area contributed by atoms with Crippen molar-refractivity contribution in [2.75, 3.05) is 29.9 Å². The highest BCUT2D eigenvalue weighted by molar-refractivity contribution is 5.87. The van der Waals surface area contributed by atoms with Gasteiger partial charge in [0.1, 0.15) is 35.1 Å². The summed E-state index contributed by atoms with van der Waals surface area (Å²) in [6.45, 7) is 5.24. The summed E-state index contributed by atoms with van der Waals surface area (Å²) in [7, 11) is 0. The Kier molecular flexibility index (Phi) is 4.18. The van der Waals surface area contributed by atoms with Gasteiger partial charge in [-0.3, -0.25) is 0 Å². The van der Waals surface area contributed by atoms with Crippen molar-refractivity contribution in [3.05, 3.63) is 36.2 Å². The molecule has 26 heavy (non-hydrogen) atoms. The molecule has 4 heterocycles. The van der Waals surface area contributed by atoms with Crippen molar-refractivity contribution in [2.24, 2.45) is 0 Å². The van der Waals surface area contributed by atoms with Crippen molar-refractivity contribution in [1.29, 1.82) is 0 Å². The van der Waals surface area contributed by atoms with Crippen LogP contribution in [0.25, 0.3) is 11.0 Å². The van der Waals surface area contributed by atoms with E-state index in [2.05, 4.69) is 35.1 Å². The highest BCUT2D eigenvalue weighted by Gasteiger charge is 2.35. The Labute approximate surface area is 151 Å². The molecule has 0 atom stereocenters. The van der Waals surface area contributed by atoms with Crippen LogP contribution < -0.4 is 10.2 Å². The summed E-state index contributed by atoms with van der Waals surface area (Å²) >= 11 is 0. The normalized spacial score (nSPS) is 16.8. The number of aryl methyl sites for hydroxylation is 2. The number of nitrogens with zero attached hydrogens (tertiary/aromatic N) is 5. The van der Waals surface area contributed by atoms with Gasteiger partial charge in [0, 0.05) is 43.9 Å². The number of halogens is 1. The average Bonchev–Trinajstić information content (AvgIpc) is 3.09. The Morgan fingerprint density at radius 1 is 1.23 bits per heavy atom. The van der Waals surface area contributed by atoms with E-state index in [-0.39, 0.29) is 6.54 Å². The fourth-order valence-electron chi connectivity index (χ4n) is 3.46. The van der Waals surface area contributed by atoms with Crippen LogP contribution in [0.2, 0.25) is 0 Å². The molecule has 0 aliphatic carbocycles. The van der Waals surface area contributed by atoms with Crippen LogP contribution in [0.5, 0.6) is 0 Å². The van der Waals surface area contributed by atoms with Gasteiger partial charge in [0.15, 0.2) is 0 Å². The standard InChI is InChI=1S/C18H22FN7/c1-12-9-15(25-13(2)24-12)21-10-18(19)4-7-26(8-5-18)17-14-3-6-20-16(14)22-11-23-17/h3,6,9,11H,4-5,7-8,10H2,1-2H3,(H,20,22,23)(H,21,24,25). The maximum atomic E-state index is 15.2. The smallest absolute Gasteiger partial charge is 0.142 e. The van der Waals surface area contributed by atoms with Crippen molar-refractivity contribution in [3.8, 4) is 0 Å². The van der Waals surface area contributed by atoms with E-state index in [1.165, 1.54) is 0 Å². The third kappa shape index (κ3) is 3.31. The monoisotopic (exact) mass is 355 g/mol. The molecule has 0 spiro atoms. The van der Waals surface area contributed by atoms with Crippen LogP contribution in [-0.4, -0.2) is 50.2 Å². The molecule has 3 aromatic rings. The first kappa shape index (κ1) is 16.7. The first-order valence-corrected chi connectivity index (χ1v) is 8.81. The van der Waals surface area contributed by atoms with E-state index in [9.17, 15) is 0 Å². The quantitative estimate of drug-likeness (QED) is 0.749. The topological polar surface area (TPSA) is 82.6 Å². The van der Waals surface area contributed by atoms with Crippen molar-refractivity contribution < 1.29 is 4.39 Å². The van der Waals surface area contributed by atoms with Crippen LogP contribution in [0.4, 0.5) is 16.0 Å². The van der Waals surface area contributed by atoms with Gasteiger partial charge in [0.05, 0.1) is 11.9 Å². The number of H-pyrrole nitrogens is 1. The second kappa shape index (κ2) is 6.51. The van der Waals surface area contributed by atoms with Crippen LogP contribution in [0, 0.1) is 13.8 Å². The third-order valence-electron chi connectivity index (χ3n) is 4.84. The molecule has 2 N–H and O–H groups in total. The van der Waals surface area contributed by atoms with Gasteiger partial charge in [0.2, 0.25) is 0 Å². The van der Waals surface area contributed by atoms with E-state index >= 15 is 4.39 Å². The van der Waals surface area contributed by atoms with Crippen LogP contribution in [-0.2, 0) is 0 Å². The molecule has 1 saturated heterocycles. The molecule has 0 unspecified atom stereocenters. The van der Waals surface area contributed by atoms with E-state index in [1.807, 2.05) is 32.2 Å². The SMILES string of the molecule is Cc1cc(NCC2(F)CCN(c3ncnc4[nH]ccc34)CC2)nc(C)n1. The van der Waals surface area contributed by atoms with Crippen LogP contribution in [0.3, 0.4) is 0 Å². The molecule has 8 heteroatoms. The summed E-state index contributed by atoms with van der Waals surface area (Å²) in [5, 5.41) is 4.12. The molecule has 136 valence electrons. The molecule has 7 nitrogen and oxygen atoms in total. The molecule has 0 saturated carbocycles. The number of alkyl halides is 1. The van der Waals surface area contributed by atoms with Gasteiger partial charge in [-0.15, -0.1) is 0 Å². The Morgan fingerprint density at radius 2 is 2.04 bits per heavy atom. The molecule has 4 rings (SSSR count). The summed E-state index contributed by atoms with van der Waals surface area (Å²) in [6.07, 6.45) is 4.28. The van der Waals surface area contributed by atoms with E-state index in [1.54, 1.807) is 6.33 Å². The first-order valence-electron chi connectivity index (χ1n) is 8.81. The van der Waals surface area contributed by atoms with Crippen molar-refractivity contribution in [1.82, 2.24) is 24.9 Å². The van der Waals surface area contributed by atoms with Gasteiger partial charge in [0.25, 0.3) is 0 Å². The highest BCUT2D eigenvalue weighted by Crippen LogP contribution is 2.31. The number of hydrogen-bond acceptors (Lipinski definition) is 6. The number of hydrogen-bond donors (Lipinski definition) is 2. The Balaban J connectivity index is 1.41. The van der Waals surface area contributed by atoms with Crippen LogP contribution >= 0.6 is 0 Å². The summed E-state index contributed by atoms with van der Waals surface area (Å²) in [5.74, 6) is 2.24. The zero-order chi connectivity index (χ0) is 18.1. The first-order chi connectivity index (χ1) is 12.5. The number of piperidine rings is 1. The Bertz CT molecular complexity index is 895. The molecule has 1 aliphatic rings. The predicted octanol–water partition coefficient (Wildman–Crippen LogP) is 2.79. The van der Waals surface area contributed by atoms with E-state index in [0.717, 1.165) is 22.5 Å². The molecule has 1 fully saturated rings. The number of fused-ring (bicyclic) bond motifs is 1. The van der Waals surface area contributed by atoms with Gasteiger partial charge >= 0.3 is 0 Å². The zero-order valence-corrected chi connectivity index (χ0v) is 15.0. The van der Waals surface area contributed by atoms with Gasteiger partial charge in [-0.1, -0.05) is 0 Å². The second-order valence-corrected chi connectivity index (χ2v) is 6.87. The zero-order valence-electron chi connectivity index (χ0n) is 15.0. The van der Waals surface area contributed by atoms with E-state index < -0.39 is 5.67 Å². The lowest BCUT2D eigenvalue weighted by molar-refractivity contribution is 0.140. The molecule has 0 aromatic carbocycles. The fraction of sp³-hybridized carbons (Fsp3) is 0.444. The number of rotatable bonds is 4. The predicted molar refractivity (Wildman–Crippen MR) is 99.2 cm³/mol. The van der Waals surface area contributed by atoms with Crippen molar-refractivity contribution >= 4 is 22.7 Å². The molecule has 0 amide bonds. The minimum atomic E-state index is -1.26. The molecule has 1 aliphatic heterocycles. The largest absolute Gasteiger partial charge is 0.367 e. The number of aromatic nitrogens is 5. The summed E-state index contributed by atoms with van der Waals surface area (Å²) in [4.78, 5) is 22.4. The lowest BCUT2D eigenvalue weighted by atomic mass is 9.93. The maximum absolute atomic E-state index is 15.2. The second-order valence-electron chi connectivity index (χ2n) is 6.87. The summed E-state index contributed by atoms with van der Waals surface area (Å²) in [6, 6.07) is 3.80. The lowest BCUT2D eigenvalue weighted by Gasteiger charge is -2.37. The average molecular weight is 355 g/mol. The van der Waals surface area contributed by atoms with Crippen molar-refractivity contribution in [3.63, 3.8) is 0 Å². The van der Waals surface area contributed by atoms with Crippen LogP contribution in [0.1, 0.15) is 24.4 Å². The van der Waals surface area contributed by atoms with Crippen LogP contribution in [0.15, 0.2) is 24.7 Å². The number of anilines is 2. The molecule has 0 radical (unpaired) electrons. The van der Waals surface area contributed by atoms with E-state index in [4.69, 9.17) is 0 Å². The van der Waals surface area contributed by atoms with Gasteiger partial charge < -0.3 is 15.2 Å². The van der Waals surface area contributed by atoms with Gasteiger partial charge in [-0.25, -0.2) is 24.3 Å². The Hall–Kier alpha value is -2.77.